The van der Waals surface area contributed by atoms with Crippen LogP contribution in [0.3, 0.4) is 0 Å². The Balaban J connectivity index is 2.26. The van der Waals surface area contributed by atoms with Crippen LogP contribution in [0.15, 0.2) is 12.5 Å². The number of hydrogen-bond donors (Lipinski definition) is 0. The maximum absolute atomic E-state index is 5.34. The fraction of sp³-hybridized carbons (Fsp3) is 0.583. The summed E-state index contributed by atoms with van der Waals surface area (Å²) in [6.07, 6.45) is 3.57. The molecule has 0 unspecified atom stereocenters. The molecule has 0 aliphatic heterocycles. The standard InChI is InChI=1S/C12H18N4O/c1-4-17-6-5-16-8-14-11-12(16)15-10(7-13-11)9(2)3/h7-9H,4-6H2,1-3H3. The van der Waals surface area contributed by atoms with Crippen molar-refractivity contribution in [2.24, 2.45) is 0 Å². The van der Waals surface area contributed by atoms with E-state index < -0.39 is 0 Å². The Hall–Kier alpha value is -1.49. The summed E-state index contributed by atoms with van der Waals surface area (Å²) in [5.41, 5.74) is 2.54. The monoisotopic (exact) mass is 234 g/mol. The molecule has 0 aliphatic carbocycles. The Kier molecular flexibility index (Phi) is 3.68. The summed E-state index contributed by atoms with van der Waals surface area (Å²) in [4.78, 5) is 13.1. The van der Waals surface area contributed by atoms with Gasteiger partial charge in [-0.15, -0.1) is 0 Å². The smallest absolute Gasteiger partial charge is 0.197 e. The summed E-state index contributed by atoms with van der Waals surface area (Å²) >= 11 is 0. The molecular formula is C12H18N4O. The number of hydrogen-bond acceptors (Lipinski definition) is 4. The van der Waals surface area contributed by atoms with Crippen LogP contribution in [0.2, 0.25) is 0 Å². The van der Waals surface area contributed by atoms with Gasteiger partial charge in [0.25, 0.3) is 0 Å². The SMILES string of the molecule is CCOCCn1cnc2ncc(C(C)C)nc21. The zero-order chi connectivity index (χ0) is 12.3. The first-order valence-electron chi connectivity index (χ1n) is 5.98. The number of imidazole rings is 1. The second-order valence-corrected chi connectivity index (χ2v) is 4.23. The molecule has 0 bridgehead atoms. The van der Waals surface area contributed by atoms with Gasteiger partial charge in [0.1, 0.15) is 0 Å². The van der Waals surface area contributed by atoms with Crippen LogP contribution >= 0.6 is 0 Å². The van der Waals surface area contributed by atoms with Crippen molar-refractivity contribution in [2.45, 2.75) is 33.2 Å². The normalized spacial score (nSPS) is 11.5. The molecule has 2 heterocycles. The highest BCUT2D eigenvalue weighted by Crippen LogP contribution is 2.14. The summed E-state index contributed by atoms with van der Waals surface area (Å²) in [6, 6.07) is 0. The maximum Gasteiger partial charge on any atom is 0.197 e. The van der Waals surface area contributed by atoms with Crippen molar-refractivity contribution < 1.29 is 4.74 Å². The largest absolute Gasteiger partial charge is 0.380 e. The third-order valence-electron chi connectivity index (χ3n) is 2.62. The molecule has 2 rings (SSSR count). The van der Waals surface area contributed by atoms with Gasteiger partial charge in [0.2, 0.25) is 0 Å². The quantitative estimate of drug-likeness (QED) is 0.742. The Labute approximate surface area is 101 Å². The number of ether oxygens (including phenoxy) is 1. The molecule has 0 saturated heterocycles. The van der Waals surface area contributed by atoms with E-state index in [1.165, 1.54) is 0 Å². The molecule has 17 heavy (non-hydrogen) atoms. The van der Waals surface area contributed by atoms with Crippen LogP contribution in [-0.4, -0.2) is 32.7 Å². The summed E-state index contributed by atoms with van der Waals surface area (Å²) in [5, 5.41) is 0. The van der Waals surface area contributed by atoms with Crippen LogP contribution < -0.4 is 0 Å². The molecule has 5 nitrogen and oxygen atoms in total. The van der Waals surface area contributed by atoms with Gasteiger partial charge >= 0.3 is 0 Å². The van der Waals surface area contributed by atoms with Gasteiger partial charge in [0.05, 0.1) is 24.8 Å². The molecular weight excluding hydrogens is 216 g/mol. The van der Waals surface area contributed by atoms with Gasteiger partial charge in [0.15, 0.2) is 11.3 Å². The fourth-order valence-electron chi connectivity index (χ4n) is 1.60. The van der Waals surface area contributed by atoms with E-state index in [9.17, 15) is 0 Å². The van der Waals surface area contributed by atoms with E-state index in [1.54, 1.807) is 12.5 Å². The van der Waals surface area contributed by atoms with Gasteiger partial charge in [-0.3, -0.25) is 0 Å². The first-order valence-corrected chi connectivity index (χ1v) is 5.98. The predicted molar refractivity (Wildman–Crippen MR) is 65.9 cm³/mol. The van der Waals surface area contributed by atoms with Gasteiger partial charge in [0, 0.05) is 13.2 Å². The van der Waals surface area contributed by atoms with Gasteiger partial charge in [-0.05, 0) is 12.8 Å². The Bertz CT molecular complexity index is 492. The number of fused-ring (bicyclic) bond motifs is 1. The van der Waals surface area contributed by atoms with Crippen LogP contribution in [0.1, 0.15) is 32.4 Å². The number of nitrogens with zero attached hydrogens (tertiary/aromatic N) is 4. The van der Waals surface area contributed by atoms with Gasteiger partial charge < -0.3 is 9.30 Å². The highest BCUT2D eigenvalue weighted by atomic mass is 16.5. The molecule has 0 radical (unpaired) electrons. The number of rotatable bonds is 5. The van der Waals surface area contributed by atoms with E-state index in [-0.39, 0.29) is 0 Å². The molecule has 0 spiro atoms. The minimum absolute atomic E-state index is 0.377. The van der Waals surface area contributed by atoms with Crippen LogP contribution in [0.4, 0.5) is 0 Å². The van der Waals surface area contributed by atoms with Gasteiger partial charge in [-0.2, -0.15) is 0 Å². The highest BCUT2D eigenvalue weighted by Gasteiger charge is 2.08. The third-order valence-corrected chi connectivity index (χ3v) is 2.62. The van der Waals surface area contributed by atoms with Crippen molar-refractivity contribution in [2.75, 3.05) is 13.2 Å². The first-order chi connectivity index (χ1) is 8.22. The lowest BCUT2D eigenvalue weighted by molar-refractivity contribution is 0.139. The molecule has 0 amide bonds. The molecule has 0 aliphatic rings. The lowest BCUT2D eigenvalue weighted by atomic mass is 10.1. The molecule has 0 saturated carbocycles. The minimum atomic E-state index is 0.377. The lowest BCUT2D eigenvalue weighted by Crippen LogP contribution is -2.06. The fourth-order valence-corrected chi connectivity index (χ4v) is 1.60. The zero-order valence-corrected chi connectivity index (χ0v) is 10.6. The highest BCUT2D eigenvalue weighted by molar-refractivity contribution is 5.65. The average molecular weight is 234 g/mol. The van der Waals surface area contributed by atoms with Crippen molar-refractivity contribution in [3.05, 3.63) is 18.2 Å². The Morgan fingerprint density at radius 3 is 2.88 bits per heavy atom. The van der Waals surface area contributed by atoms with Crippen LogP contribution in [-0.2, 0) is 11.3 Å². The minimum Gasteiger partial charge on any atom is -0.380 e. The van der Waals surface area contributed by atoms with Crippen molar-refractivity contribution in [1.82, 2.24) is 19.5 Å². The van der Waals surface area contributed by atoms with Crippen molar-refractivity contribution in [1.29, 1.82) is 0 Å². The molecule has 0 fully saturated rings. The summed E-state index contributed by atoms with van der Waals surface area (Å²) in [7, 11) is 0. The van der Waals surface area contributed by atoms with Crippen LogP contribution in [0.5, 0.6) is 0 Å². The second kappa shape index (κ2) is 5.23. The van der Waals surface area contributed by atoms with E-state index in [0.717, 1.165) is 24.5 Å². The third kappa shape index (κ3) is 2.61. The second-order valence-electron chi connectivity index (χ2n) is 4.23. The number of aromatic nitrogens is 4. The summed E-state index contributed by atoms with van der Waals surface area (Å²) in [5.74, 6) is 0.377. The van der Waals surface area contributed by atoms with E-state index in [1.807, 2.05) is 11.5 Å². The molecule has 2 aromatic rings. The van der Waals surface area contributed by atoms with Crippen LogP contribution in [0.25, 0.3) is 11.3 Å². The van der Waals surface area contributed by atoms with Crippen LogP contribution in [0, 0.1) is 0 Å². The van der Waals surface area contributed by atoms with Crippen molar-refractivity contribution in [3.8, 4) is 0 Å². The van der Waals surface area contributed by atoms with Gasteiger partial charge in [-0.25, -0.2) is 15.0 Å². The average Bonchev–Trinajstić information content (AvgIpc) is 2.72. The van der Waals surface area contributed by atoms with E-state index in [4.69, 9.17) is 4.74 Å². The zero-order valence-electron chi connectivity index (χ0n) is 10.6. The summed E-state index contributed by atoms with van der Waals surface area (Å²) < 4.78 is 7.33. The molecule has 0 atom stereocenters. The first kappa shape index (κ1) is 12.0. The van der Waals surface area contributed by atoms with Crippen molar-refractivity contribution in [3.63, 3.8) is 0 Å². The molecule has 0 N–H and O–H groups in total. The van der Waals surface area contributed by atoms with Gasteiger partial charge in [-0.1, -0.05) is 13.8 Å². The summed E-state index contributed by atoms with van der Waals surface area (Å²) in [6.45, 7) is 8.38. The Morgan fingerprint density at radius 2 is 2.18 bits per heavy atom. The van der Waals surface area contributed by atoms with Crippen molar-refractivity contribution >= 4 is 11.3 Å². The Morgan fingerprint density at radius 1 is 1.35 bits per heavy atom. The van der Waals surface area contributed by atoms with E-state index >= 15 is 0 Å². The predicted octanol–water partition coefficient (Wildman–Crippen LogP) is 1.99. The maximum atomic E-state index is 5.34. The lowest BCUT2D eigenvalue weighted by Gasteiger charge is -2.06. The molecule has 2 aromatic heterocycles. The molecule has 5 heteroatoms. The molecule has 92 valence electrons. The molecule has 0 aromatic carbocycles. The van der Waals surface area contributed by atoms with E-state index in [2.05, 4.69) is 28.8 Å². The topological polar surface area (TPSA) is 52.8 Å². The van der Waals surface area contributed by atoms with E-state index in [0.29, 0.717) is 18.2 Å².